The second kappa shape index (κ2) is 5.82. The molecule has 2 aromatic carbocycles. The molecule has 1 N–H and O–H groups in total. The van der Waals surface area contributed by atoms with Gasteiger partial charge in [0.15, 0.2) is 11.5 Å². The number of rotatable bonds is 4. The lowest BCUT2D eigenvalue weighted by Crippen LogP contribution is -2.10. The van der Waals surface area contributed by atoms with Gasteiger partial charge in [-0.25, -0.2) is 4.39 Å². The van der Waals surface area contributed by atoms with Crippen molar-refractivity contribution in [2.24, 2.45) is 0 Å². The van der Waals surface area contributed by atoms with Crippen molar-refractivity contribution in [3.63, 3.8) is 0 Å². The largest absolute Gasteiger partial charge is 0.454 e. The average Bonchev–Trinajstić information content (AvgIpc) is 2.91. The number of anilines is 1. The summed E-state index contributed by atoms with van der Waals surface area (Å²) in [5.74, 6) is 1.06. The van der Waals surface area contributed by atoms with E-state index in [1.54, 1.807) is 12.1 Å². The van der Waals surface area contributed by atoms with Gasteiger partial charge in [-0.1, -0.05) is 30.7 Å². The molecule has 5 heteroatoms. The Morgan fingerprint density at radius 3 is 2.71 bits per heavy atom. The minimum atomic E-state index is -0.246. The first-order chi connectivity index (χ1) is 10.2. The van der Waals surface area contributed by atoms with Crippen LogP contribution in [0.1, 0.15) is 24.9 Å². The summed E-state index contributed by atoms with van der Waals surface area (Å²) in [6, 6.07) is 10.1. The highest BCUT2D eigenvalue weighted by Crippen LogP contribution is 2.40. The van der Waals surface area contributed by atoms with Gasteiger partial charge in [-0.3, -0.25) is 0 Å². The number of fused-ring (bicyclic) bond motifs is 1. The lowest BCUT2D eigenvalue weighted by atomic mass is 10.0. The van der Waals surface area contributed by atoms with E-state index in [0.29, 0.717) is 16.5 Å². The first kappa shape index (κ1) is 14.0. The molecule has 1 atom stereocenters. The van der Waals surface area contributed by atoms with Crippen LogP contribution in [0.4, 0.5) is 10.1 Å². The Labute approximate surface area is 127 Å². The number of nitrogens with one attached hydrogen (secondary N) is 1. The molecule has 0 saturated carbocycles. The second-order valence-corrected chi connectivity index (χ2v) is 5.25. The number of halogens is 2. The fourth-order valence-electron chi connectivity index (χ4n) is 2.36. The van der Waals surface area contributed by atoms with Crippen LogP contribution in [-0.4, -0.2) is 6.79 Å². The van der Waals surface area contributed by atoms with E-state index < -0.39 is 0 Å². The summed E-state index contributed by atoms with van der Waals surface area (Å²) in [4.78, 5) is 0. The highest BCUT2D eigenvalue weighted by atomic mass is 35.5. The fourth-order valence-corrected chi connectivity index (χ4v) is 2.57. The van der Waals surface area contributed by atoms with Crippen molar-refractivity contribution in [2.45, 2.75) is 19.4 Å². The summed E-state index contributed by atoms with van der Waals surface area (Å²) >= 11 is 6.26. The van der Waals surface area contributed by atoms with Gasteiger partial charge < -0.3 is 14.8 Å². The van der Waals surface area contributed by atoms with E-state index in [9.17, 15) is 4.39 Å². The van der Waals surface area contributed by atoms with Crippen molar-refractivity contribution < 1.29 is 13.9 Å². The molecule has 1 unspecified atom stereocenters. The molecule has 0 saturated heterocycles. The molecule has 0 fully saturated rings. The van der Waals surface area contributed by atoms with Gasteiger partial charge in [-0.2, -0.15) is 0 Å². The zero-order valence-electron chi connectivity index (χ0n) is 11.5. The van der Waals surface area contributed by atoms with Crippen LogP contribution in [0.5, 0.6) is 11.5 Å². The van der Waals surface area contributed by atoms with Crippen molar-refractivity contribution in [1.82, 2.24) is 0 Å². The molecule has 110 valence electrons. The molecule has 0 aliphatic carbocycles. The van der Waals surface area contributed by atoms with Crippen LogP contribution >= 0.6 is 11.6 Å². The third-order valence-electron chi connectivity index (χ3n) is 3.45. The third-order valence-corrected chi connectivity index (χ3v) is 3.76. The Kier molecular flexibility index (Phi) is 3.88. The number of ether oxygens (including phenoxy) is 2. The van der Waals surface area contributed by atoms with Crippen LogP contribution in [0.15, 0.2) is 36.4 Å². The molecule has 0 spiro atoms. The molecule has 21 heavy (non-hydrogen) atoms. The van der Waals surface area contributed by atoms with Crippen molar-refractivity contribution in [2.75, 3.05) is 12.1 Å². The Hall–Kier alpha value is -1.94. The molecular formula is C16H15ClFNO2. The predicted molar refractivity (Wildman–Crippen MR) is 80.6 cm³/mol. The maximum absolute atomic E-state index is 13.4. The summed E-state index contributed by atoms with van der Waals surface area (Å²) in [5.41, 5.74) is 1.63. The SMILES string of the molecule is CCC(Nc1cc2c(cc1Cl)OCO2)c1cccc(F)c1. The summed E-state index contributed by atoms with van der Waals surface area (Å²) in [6.45, 7) is 2.24. The van der Waals surface area contributed by atoms with E-state index >= 15 is 0 Å². The standard InChI is InChI=1S/C16H15ClFNO2/c1-2-13(10-4-3-5-11(18)6-10)19-14-8-16-15(7-12(14)17)20-9-21-16/h3-8,13,19H,2,9H2,1H3. The number of benzene rings is 2. The van der Waals surface area contributed by atoms with Gasteiger partial charge in [0.2, 0.25) is 6.79 Å². The summed E-state index contributed by atoms with van der Waals surface area (Å²) in [5, 5.41) is 3.89. The molecule has 3 rings (SSSR count). The molecule has 0 amide bonds. The first-order valence-electron chi connectivity index (χ1n) is 6.78. The molecule has 0 bridgehead atoms. The van der Waals surface area contributed by atoms with Crippen LogP contribution in [-0.2, 0) is 0 Å². The van der Waals surface area contributed by atoms with Crippen LogP contribution in [0.25, 0.3) is 0 Å². The zero-order valence-corrected chi connectivity index (χ0v) is 12.3. The van der Waals surface area contributed by atoms with Gasteiger partial charge in [0, 0.05) is 12.1 Å². The van der Waals surface area contributed by atoms with Crippen LogP contribution in [0.2, 0.25) is 5.02 Å². The Morgan fingerprint density at radius 1 is 1.24 bits per heavy atom. The minimum absolute atomic E-state index is 0.0291. The predicted octanol–water partition coefficient (Wildman–Crippen LogP) is 4.77. The van der Waals surface area contributed by atoms with Crippen molar-refractivity contribution >= 4 is 17.3 Å². The van der Waals surface area contributed by atoms with E-state index in [4.69, 9.17) is 21.1 Å². The minimum Gasteiger partial charge on any atom is -0.454 e. The van der Waals surface area contributed by atoms with Gasteiger partial charge in [0.25, 0.3) is 0 Å². The van der Waals surface area contributed by atoms with E-state index in [0.717, 1.165) is 17.7 Å². The van der Waals surface area contributed by atoms with Gasteiger partial charge in [-0.15, -0.1) is 0 Å². The molecular weight excluding hydrogens is 293 g/mol. The van der Waals surface area contributed by atoms with Crippen LogP contribution < -0.4 is 14.8 Å². The normalized spacial score (nSPS) is 14.0. The monoisotopic (exact) mass is 307 g/mol. The Bertz CT molecular complexity index is 663. The fraction of sp³-hybridized carbons (Fsp3) is 0.250. The molecule has 2 aromatic rings. The van der Waals surface area contributed by atoms with Crippen molar-refractivity contribution in [1.29, 1.82) is 0 Å². The lowest BCUT2D eigenvalue weighted by Gasteiger charge is -2.20. The zero-order chi connectivity index (χ0) is 14.8. The summed E-state index contributed by atoms with van der Waals surface area (Å²) in [7, 11) is 0. The van der Waals surface area contributed by atoms with E-state index in [1.807, 2.05) is 19.1 Å². The van der Waals surface area contributed by atoms with Crippen LogP contribution in [0.3, 0.4) is 0 Å². The van der Waals surface area contributed by atoms with Crippen molar-refractivity contribution in [3.8, 4) is 11.5 Å². The number of hydrogen-bond acceptors (Lipinski definition) is 3. The van der Waals surface area contributed by atoms with Gasteiger partial charge in [0.1, 0.15) is 5.82 Å². The van der Waals surface area contributed by atoms with Crippen LogP contribution in [0, 0.1) is 5.82 Å². The lowest BCUT2D eigenvalue weighted by molar-refractivity contribution is 0.174. The molecule has 3 nitrogen and oxygen atoms in total. The number of hydrogen-bond donors (Lipinski definition) is 1. The molecule has 1 aliphatic heterocycles. The highest BCUT2D eigenvalue weighted by Gasteiger charge is 2.18. The van der Waals surface area contributed by atoms with E-state index in [-0.39, 0.29) is 18.7 Å². The Balaban J connectivity index is 1.87. The topological polar surface area (TPSA) is 30.5 Å². The third kappa shape index (κ3) is 2.90. The van der Waals surface area contributed by atoms with Crippen molar-refractivity contribution in [3.05, 3.63) is 52.8 Å². The summed E-state index contributed by atoms with van der Waals surface area (Å²) < 4.78 is 24.0. The first-order valence-corrected chi connectivity index (χ1v) is 7.16. The Morgan fingerprint density at radius 2 is 2.00 bits per heavy atom. The molecule has 0 radical (unpaired) electrons. The quantitative estimate of drug-likeness (QED) is 0.882. The average molecular weight is 308 g/mol. The van der Waals surface area contributed by atoms with E-state index in [1.165, 1.54) is 12.1 Å². The maximum Gasteiger partial charge on any atom is 0.231 e. The highest BCUT2D eigenvalue weighted by molar-refractivity contribution is 6.33. The van der Waals surface area contributed by atoms with Gasteiger partial charge in [-0.05, 0) is 24.1 Å². The molecule has 0 aromatic heterocycles. The summed E-state index contributed by atoms with van der Waals surface area (Å²) in [6.07, 6.45) is 0.800. The van der Waals surface area contributed by atoms with E-state index in [2.05, 4.69) is 5.32 Å². The molecule has 1 heterocycles. The van der Waals surface area contributed by atoms with Gasteiger partial charge >= 0.3 is 0 Å². The smallest absolute Gasteiger partial charge is 0.231 e. The maximum atomic E-state index is 13.4. The second-order valence-electron chi connectivity index (χ2n) is 4.85. The molecule has 1 aliphatic rings. The van der Waals surface area contributed by atoms with Gasteiger partial charge in [0.05, 0.1) is 16.8 Å².